The molecule has 0 aromatic rings. The molecule has 0 rings (SSSR count). The maximum absolute atomic E-state index is 7.90. The van der Waals surface area contributed by atoms with Gasteiger partial charge in [-0.05, 0) is 5.53 Å². The van der Waals surface area contributed by atoms with Crippen LogP contribution in [0.15, 0.2) is 5.11 Å². The average molecular weight is 199 g/mol. The molecule has 0 aromatic carbocycles. The molecule has 78 valence electrons. The van der Waals surface area contributed by atoms with Crippen LogP contribution in [0.1, 0.15) is 0 Å². The van der Waals surface area contributed by atoms with E-state index in [1.165, 1.54) is 0 Å². The highest BCUT2D eigenvalue weighted by Gasteiger charge is 1.88. The van der Waals surface area contributed by atoms with Crippen molar-refractivity contribution in [1.82, 2.24) is 0 Å². The first-order valence-corrected chi connectivity index (χ1v) is 4.09. The van der Waals surface area contributed by atoms with Gasteiger partial charge in [-0.15, -0.1) is 6.42 Å². The quantitative estimate of drug-likeness (QED) is 0.182. The summed E-state index contributed by atoms with van der Waals surface area (Å²) in [6.45, 7) is 2.13. The lowest BCUT2D eigenvalue weighted by atomic mass is 10.7. The van der Waals surface area contributed by atoms with Gasteiger partial charge in [-0.2, -0.15) is 0 Å². The Hall–Kier alpha value is -1.25. The van der Waals surface area contributed by atoms with E-state index in [-0.39, 0.29) is 6.73 Å². The van der Waals surface area contributed by atoms with E-state index in [9.17, 15) is 0 Å². The first-order valence-electron chi connectivity index (χ1n) is 4.09. The Balaban J connectivity index is 2.92. The fourth-order valence-electron chi connectivity index (χ4n) is 0.600. The van der Waals surface area contributed by atoms with Crippen LogP contribution in [0.3, 0.4) is 0 Å². The van der Waals surface area contributed by atoms with E-state index in [0.717, 1.165) is 0 Å². The molecule has 6 nitrogen and oxygen atoms in total. The summed E-state index contributed by atoms with van der Waals surface area (Å²) in [6, 6.07) is 0. The minimum absolute atomic E-state index is 0.0352. The van der Waals surface area contributed by atoms with E-state index >= 15 is 0 Å². The van der Waals surface area contributed by atoms with Crippen molar-refractivity contribution in [3.8, 4) is 12.3 Å². The van der Waals surface area contributed by atoms with Crippen LogP contribution in [0.25, 0.3) is 10.4 Å². The molecule has 6 heteroatoms. The van der Waals surface area contributed by atoms with Gasteiger partial charge in [-0.3, -0.25) is 0 Å². The average Bonchev–Trinajstić information content (AvgIpc) is 2.21. The van der Waals surface area contributed by atoms with E-state index < -0.39 is 0 Å². The molecule has 0 aliphatic carbocycles. The van der Waals surface area contributed by atoms with E-state index in [2.05, 4.69) is 15.9 Å². The molecule has 0 spiro atoms. The Morgan fingerprint density at radius 1 is 1.14 bits per heavy atom. The second-order valence-electron chi connectivity index (χ2n) is 2.14. The molecular formula is C8H13N3O3. The number of hydrogen-bond donors (Lipinski definition) is 0. The van der Waals surface area contributed by atoms with Crippen LogP contribution in [0, 0.1) is 12.3 Å². The molecule has 0 heterocycles. The third-order valence-electron chi connectivity index (χ3n) is 1.14. The summed E-state index contributed by atoms with van der Waals surface area (Å²) < 4.78 is 14.9. The first kappa shape index (κ1) is 12.8. The molecule has 0 radical (unpaired) electrons. The van der Waals surface area contributed by atoms with Crippen molar-refractivity contribution >= 4 is 0 Å². The number of rotatable bonds is 9. The van der Waals surface area contributed by atoms with Crippen LogP contribution in [0.4, 0.5) is 0 Å². The Labute approximate surface area is 82.8 Å². The molecule has 0 N–H and O–H groups in total. The summed E-state index contributed by atoms with van der Waals surface area (Å²) in [7, 11) is 0. The zero-order valence-corrected chi connectivity index (χ0v) is 7.89. The summed E-state index contributed by atoms with van der Waals surface area (Å²) in [4.78, 5) is 2.52. The molecule has 0 aliphatic rings. The van der Waals surface area contributed by atoms with Gasteiger partial charge in [0.2, 0.25) is 0 Å². The number of ether oxygens (including phenoxy) is 3. The van der Waals surface area contributed by atoms with Gasteiger partial charge < -0.3 is 14.2 Å². The zero-order chi connectivity index (χ0) is 10.5. The summed E-state index contributed by atoms with van der Waals surface area (Å²) in [5, 5.41) is 3.19. The molecule has 0 aliphatic heterocycles. The molecule has 0 amide bonds. The van der Waals surface area contributed by atoms with Crippen LogP contribution in [-0.4, -0.2) is 39.8 Å². The van der Waals surface area contributed by atoms with Crippen molar-refractivity contribution in [1.29, 1.82) is 0 Å². The van der Waals surface area contributed by atoms with Gasteiger partial charge in [0.25, 0.3) is 0 Å². The second kappa shape index (κ2) is 11.8. The molecule has 0 unspecified atom stereocenters. The Kier molecular flexibility index (Phi) is 10.7. The van der Waals surface area contributed by atoms with Crippen molar-refractivity contribution in [2.75, 3.05) is 39.8 Å². The Morgan fingerprint density at radius 3 is 2.43 bits per heavy atom. The van der Waals surface area contributed by atoms with E-state index in [0.29, 0.717) is 33.0 Å². The van der Waals surface area contributed by atoms with Gasteiger partial charge in [0.15, 0.2) is 0 Å². The van der Waals surface area contributed by atoms with Gasteiger partial charge in [-0.1, -0.05) is 11.0 Å². The van der Waals surface area contributed by atoms with Crippen molar-refractivity contribution in [2.45, 2.75) is 0 Å². The predicted molar refractivity (Wildman–Crippen MR) is 50.4 cm³/mol. The lowest BCUT2D eigenvalue weighted by Gasteiger charge is -2.03. The third kappa shape index (κ3) is 10.8. The summed E-state index contributed by atoms with van der Waals surface area (Å²) in [5.41, 5.74) is 7.90. The highest BCUT2D eigenvalue weighted by molar-refractivity contribution is 4.82. The highest BCUT2D eigenvalue weighted by atomic mass is 16.5. The van der Waals surface area contributed by atoms with Crippen molar-refractivity contribution < 1.29 is 14.2 Å². The van der Waals surface area contributed by atoms with Crippen molar-refractivity contribution in [2.24, 2.45) is 5.11 Å². The zero-order valence-electron chi connectivity index (χ0n) is 7.89. The molecule has 0 bridgehead atoms. The fraction of sp³-hybridized carbons (Fsp3) is 0.750. The second-order valence-corrected chi connectivity index (χ2v) is 2.14. The van der Waals surface area contributed by atoms with Crippen molar-refractivity contribution in [3.63, 3.8) is 0 Å². The van der Waals surface area contributed by atoms with Gasteiger partial charge >= 0.3 is 0 Å². The summed E-state index contributed by atoms with van der Waals surface area (Å²) >= 11 is 0. The van der Waals surface area contributed by atoms with Crippen LogP contribution in [0.2, 0.25) is 0 Å². The first-order chi connectivity index (χ1) is 6.91. The SMILES string of the molecule is C#CCOCCOCCOCN=[N+]=[N-]. The molecule has 0 fully saturated rings. The summed E-state index contributed by atoms with van der Waals surface area (Å²) in [5.74, 6) is 2.34. The monoisotopic (exact) mass is 199 g/mol. The predicted octanol–water partition coefficient (Wildman–Crippen LogP) is 0.937. The molecule has 0 atom stereocenters. The summed E-state index contributed by atoms with van der Waals surface area (Å²) in [6.07, 6.45) is 4.96. The maximum Gasteiger partial charge on any atom is 0.126 e. The molecule has 0 saturated heterocycles. The van der Waals surface area contributed by atoms with Gasteiger partial charge in [0.1, 0.15) is 13.3 Å². The van der Waals surface area contributed by atoms with Crippen molar-refractivity contribution in [3.05, 3.63) is 10.4 Å². The third-order valence-corrected chi connectivity index (χ3v) is 1.14. The molecule has 0 aromatic heterocycles. The topological polar surface area (TPSA) is 76.5 Å². The van der Waals surface area contributed by atoms with Crippen LogP contribution in [0.5, 0.6) is 0 Å². The van der Waals surface area contributed by atoms with Crippen LogP contribution < -0.4 is 0 Å². The highest BCUT2D eigenvalue weighted by Crippen LogP contribution is 1.81. The number of hydrogen-bond acceptors (Lipinski definition) is 4. The Morgan fingerprint density at radius 2 is 1.79 bits per heavy atom. The molecular weight excluding hydrogens is 186 g/mol. The molecule has 0 saturated carbocycles. The van der Waals surface area contributed by atoms with Crippen LogP contribution >= 0.6 is 0 Å². The minimum Gasteiger partial charge on any atom is -0.377 e. The van der Waals surface area contributed by atoms with Gasteiger partial charge in [0.05, 0.1) is 26.4 Å². The lowest BCUT2D eigenvalue weighted by molar-refractivity contribution is 0.0217. The lowest BCUT2D eigenvalue weighted by Crippen LogP contribution is -2.09. The van der Waals surface area contributed by atoms with E-state index in [1.54, 1.807) is 0 Å². The number of nitrogens with zero attached hydrogens (tertiary/aromatic N) is 3. The Bertz CT molecular complexity index is 208. The number of terminal acetylenes is 1. The smallest absolute Gasteiger partial charge is 0.126 e. The van der Waals surface area contributed by atoms with Gasteiger partial charge in [0, 0.05) is 4.91 Å². The van der Waals surface area contributed by atoms with Crippen LogP contribution in [-0.2, 0) is 14.2 Å². The van der Waals surface area contributed by atoms with E-state index in [1.807, 2.05) is 0 Å². The van der Waals surface area contributed by atoms with Gasteiger partial charge in [-0.25, -0.2) is 0 Å². The largest absolute Gasteiger partial charge is 0.377 e. The minimum atomic E-state index is 0.0352. The molecule has 14 heavy (non-hydrogen) atoms. The number of azide groups is 1. The normalized spacial score (nSPS) is 9.07. The fourth-order valence-corrected chi connectivity index (χ4v) is 0.600. The maximum atomic E-state index is 7.90. The standard InChI is InChI=1S/C8H13N3O3/c1-2-3-12-4-5-13-6-7-14-8-10-11-9/h1H,3-8H2. The van der Waals surface area contributed by atoms with E-state index in [4.69, 9.17) is 26.2 Å².